The zero-order valence-electron chi connectivity index (χ0n) is 15.1. The van der Waals surface area contributed by atoms with Gasteiger partial charge in [0.25, 0.3) is 0 Å². The second kappa shape index (κ2) is 6.79. The highest BCUT2D eigenvalue weighted by atomic mass is 32.2. The van der Waals surface area contributed by atoms with E-state index in [1.165, 1.54) is 37.7 Å². The van der Waals surface area contributed by atoms with Crippen molar-refractivity contribution in [2.45, 2.75) is 87.2 Å². The van der Waals surface area contributed by atoms with Crippen LogP contribution in [0, 0.1) is 6.92 Å². The van der Waals surface area contributed by atoms with Crippen LogP contribution in [0.3, 0.4) is 0 Å². The third-order valence-corrected chi connectivity index (χ3v) is 8.61. The van der Waals surface area contributed by atoms with Crippen molar-refractivity contribution in [2.75, 3.05) is 0 Å². The lowest BCUT2D eigenvalue weighted by Crippen LogP contribution is -2.24. The molecule has 2 fully saturated rings. The molecule has 0 saturated heterocycles. The molecule has 2 aromatic rings. The van der Waals surface area contributed by atoms with Crippen LogP contribution in [0.2, 0.25) is 0 Å². The Balaban J connectivity index is 1.78. The Kier molecular flexibility index (Phi) is 4.65. The van der Waals surface area contributed by atoms with Crippen LogP contribution in [0.25, 0.3) is 11.0 Å². The Labute approximate surface area is 150 Å². The lowest BCUT2D eigenvalue weighted by Gasteiger charge is -2.23. The molecule has 0 N–H and O–H groups in total. The molecule has 0 radical (unpaired) electrons. The van der Waals surface area contributed by atoms with E-state index in [2.05, 4.69) is 12.1 Å². The summed E-state index contributed by atoms with van der Waals surface area (Å²) in [5, 5.41) is 0.574. The van der Waals surface area contributed by atoms with Crippen LogP contribution in [0.4, 0.5) is 0 Å². The zero-order chi connectivity index (χ0) is 17.4. The van der Waals surface area contributed by atoms with Gasteiger partial charge in [0.15, 0.2) is 9.84 Å². The summed E-state index contributed by atoms with van der Waals surface area (Å²) in [6.45, 7) is 1.80. The predicted molar refractivity (Wildman–Crippen MR) is 101 cm³/mol. The molecule has 25 heavy (non-hydrogen) atoms. The Bertz CT molecular complexity index is 851. The molecule has 2 aliphatic rings. The molecule has 0 unspecified atom stereocenters. The Hall–Kier alpha value is -1.29. The highest BCUT2D eigenvalue weighted by Gasteiger charge is 2.33. The number of hydrogen-bond donors (Lipinski definition) is 0. The van der Waals surface area contributed by atoms with Crippen LogP contribution in [0.5, 0.6) is 0 Å². The number of furan rings is 1. The van der Waals surface area contributed by atoms with Gasteiger partial charge in [-0.1, -0.05) is 44.6 Å². The van der Waals surface area contributed by atoms with Crippen molar-refractivity contribution >= 4 is 20.8 Å². The van der Waals surface area contributed by atoms with E-state index in [4.69, 9.17) is 4.42 Å². The number of hydrogen-bond acceptors (Lipinski definition) is 3. The molecule has 2 aliphatic carbocycles. The standard InChI is InChI=1S/C21H28O3S/c1-15-21(25(22,23)18-10-6-3-7-11-18)19-14-17(12-13-20(19)24-15)16-8-4-2-5-9-16/h12-14,16,18H,2-11H2,1H3. The summed E-state index contributed by atoms with van der Waals surface area (Å²) in [5.74, 6) is 1.12. The van der Waals surface area contributed by atoms with E-state index < -0.39 is 9.84 Å². The minimum absolute atomic E-state index is 0.237. The van der Waals surface area contributed by atoms with Gasteiger partial charge < -0.3 is 4.42 Å². The van der Waals surface area contributed by atoms with E-state index in [9.17, 15) is 8.42 Å². The summed E-state index contributed by atoms with van der Waals surface area (Å²) in [7, 11) is -3.32. The summed E-state index contributed by atoms with van der Waals surface area (Å²) in [5.41, 5.74) is 2.00. The third-order valence-electron chi connectivity index (χ3n) is 6.18. The average Bonchev–Trinajstić information content (AvgIpc) is 2.98. The van der Waals surface area contributed by atoms with Crippen molar-refractivity contribution in [3.8, 4) is 0 Å². The third kappa shape index (κ3) is 3.14. The molecule has 0 bridgehead atoms. The maximum Gasteiger partial charge on any atom is 0.185 e. The highest BCUT2D eigenvalue weighted by molar-refractivity contribution is 7.92. The molecule has 0 amide bonds. The second-order valence-corrected chi connectivity index (χ2v) is 10.0. The molecule has 1 aromatic carbocycles. The SMILES string of the molecule is Cc1oc2ccc(C3CCCCC3)cc2c1S(=O)(=O)C1CCCCC1. The first kappa shape index (κ1) is 17.1. The van der Waals surface area contributed by atoms with Crippen LogP contribution in [0.1, 0.15) is 81.4 Å². The van der Waals surface area contributed by atoms with Gasteiger partial charge in [-0.05, 0) is 56.2 Å². The minimum atomic E-state index is -3.32. The van der Waals surface area contributed by atoms with Gasteiger partial charge in [-0.25, -0.2) is 8.42 Å². The van der Waals surface area contributed by atoms with Gasteiger partial charge in [-0.2, -0.15) is 0 Å². The molecule has 0 aliphatic heterocycles. The molecule has 0 atom stereocenters. The Morgan fingerprint density at radius 2 is 1.56 bits per heavy atom. The van der Waals surface area contributed by atoms with Crippen molar-refractivity contribution < 1.29 is 12.8 Å². The molecule has 1 aromatic heterocycles. The first-order valence-electron chi connectivity index (χ1n) is 9.84. The number of benzene rings is 1. The average molecular weight is 361 g/mol. The van der Waals surface area contributed by atoms with E-state index in [0.717, 1.165) is 37.5 Å². The molecule has 136 valence electrons. The maximum atomic E-state index is 13.3. The van der Waals surface area contributed by atoms with Gasteiger partial charge in [0.05, 0.1) is 5.25 Å². The van der Waals surface area contributed by atoms with Crippen LogP contribution in [-0.2, 0) is 9.84 Å². The van der Waals surface area contributed by atoms with Gasteiger partial charge >= 0.3 is 0 Å². The molecule has 1 heterocycles. The van der Waals surface area contributed by atoms with E-state index >= 15 is 0 Å². The van der Waals surface area contributed by atoms with Gasteiger partial charge in [0, 0.05) is 5.39 Å². The molecule has 4 rings (SSSR count). The molecular formula is C21H28O3S. The van der Waals surface area contributed by atoms with Gasteiger partial charge in [-0.15, -0.1) is 0 Å². The van der Waals surface area contributed by atoms with E-state index in [-0.39, 0.29) is 5.25 Å². The summed E-state index contributed by atoms with van der Waals surface area (Å²) in [6.07, 6.45) is 11.1. The van der Waals surface area contributed by atoms with Crippen molar-refractivity contribution in [1.29, 1.82) is 0 Å². The quantitative estimate of drug-likeness (QED) is 0.685. The summed E-state index contributed by atoms with van der Waals surface area (Å²) in [6, 6.07) is 6.22. The predicted octanol–water partition coefficient (Wildman–Crippen LogP) is 5.90. The van der Waals surface area contributed by atoms with Crippen LogP contribution < -0.4 is 0 Å². The highest BCUT2D eigenvalue weighted by Crippen LogP contribution is 2.39. The summed E-state index contributed by atoms with van der Waals surface area (Å²) < 4.78 is 32.5. The Morgan fingerprint density at radius 1 is 0.920 bits per heavy atom. The van der Waals surface area contributed by atoms with Crippen molar-refractivity contribution in [3.63, 3.8) is 0 Å². The van der Waals surface area contributed by atoms with Gasteiger partial charge in [0.2, 0.25) is 0 Å². The van der Waals surface area contributed by atoms with Crippen molar-refractivity contribution in [1.82, 2.24) is 0 Å². The first-order chi connectivity index (χ1) is 12.1. The number of sulfone groups is 1. The Morgan fingerprint density at radius 3 is 2.24 bits per heavy atom. The number of aryl methyl sites for hydroxylation is 1. The fraction of sp³-hybridized carbons (Fsp3) is 0.619. The zero-order valence-corrected chi connectivity index (χ0v) is 15.9. The molecular weight excluding hydrogens is 332 g/mol. The fourth-order valence-electron chi connectivity index (χ4n) is 4.80. The molecule has 0 spiro atoms. The van der Waals surface area contributed by atoms with Gasteiger partial charge in [0.1, 0.15) is 16.2 Å². The van der Waals surface area contributed by atoms with E-state index in [0.29, 0.717) is 22.2 Å². The molecule has 3 nitrogen and oxygen atoms in total. The lowest BCUT2D eigenvalue weighted by molar-refractivity contribution is 0.444. The fourth-order valence-corrected chi connectivity index (χ4v) is 7.00. The first-order valence-corrected chi connectivity index (χ1v) is 11.4. The molecule has 2 saturated carbocycles. The van der Waals surface area contributed by atoms with Crippen LogP contribution in [0.15, 0.2) is 27.5 Å². The number of fused-ring (bicyclic) bond motifs is 1. The number of rotatable bonds is 3. The monoisotopic (exact) mass is 360 g/mol. The summed E-state index contributed by atoms with van der Waals surface area (Å²) >= 11 is 0. The lowest BCUT2D eigenvalue weighted by atomic mass is 9.84. The van der Waals surface area contributed by atoms with Gasteiger partial charge in [-0.3, -0.25) is 0 Å². The topological polar surface area (TPSA) is 47.3 Å². The van der Waals surface area contributed by atoms with Crippen molar-refractivity contribution in [2.24, 2.45) is 0 Å². The normalized spacial score (nSPS) is 21.0. The smallest absolute Gasteiger partial charge is 0.185 e. The summed E-state index contributed by atoms with van der Waals surface area (Å²) in [4.78, 5) is 0.465. The minimum Gasteiger partial charge on any atom is -0.460 e. The van der Waals surface area contributed by atoms with Crippen molar-refractivity contribution in [3.05, 3.63) is 29.5 Å². The largest absolute Gasteiger partial charge is 0.460 e. The maximum absolute atomic E-state index is 13.3. The molecule has 4 heteroatoms. The van der Waals surface area contributed by atoms with Crippen LogP contribution in [-0.4, -0.2) is 13.7 Å². The second-order valence-electron chi connectivity index (χ2n) is 7.88. The van der Waals surface area contributed by atoms with E-state index in [1.54, 1.807) is 6.92 Å². The van der Waals surface area contributed by atoms with Crippen LogP contribution >= 0.6 is 0 Å². The van der Waals surface area contributed by atoms with E-state index in [1.807, 2.05) is 6.07 Å².